The molecule has 0 bridgehead atoms. The molecule has 1 aliphatic rings. The molecule has 1 saturated heterocycles. The van der Waals surface area contributed by atoms with Gasteiger partial charge in [-0.15, -0.1) is 0 Å². The van der Waals surface area contributed by atoms with Crippen molar-refractivity contribution in [3.63, 3.8) is 0 Å². The fourth-order valence-corrected chi connectivity index (χ4v) is 2.72. The maximum absolute atomic E-state index is 5.49. The van der Waals surface area contributed by atoms with Crippen LogP contribution in [0.1, 0.15) is 32.6 Å². The Hall–Kier alpha value is -1.22. The normalized spacial score (nSPS) is 19.5. The highest BCUT2D eigenvalue weighted by molar-refractivity contribution is 5.55. The summed E-state index contributed by atoms with van der Waals surface area (Å²) in [5, 5.41) is 3.44. The fraction of sp³-hybridized carbons (Fsp3) is 0.625. The maximum Gasteiger partial charge on any atom is 0.0367 e. The molecule has 0 aliphatic carbocycles. The Morgan fingerprint density at radius 1 is 1.26 bits per heavy atom. The van der Waals surface area contributed by atoms with Gasteiger partial charge in [0.05, 0.1) is 0 Å². The van der Waals surface area contributed by atoms with Gasteiger partial charge in [0.25, 0.3) is 0 Å². The van der Waals surface area contributed by atoms with Crippen LogP contribution in [0, 0.1) is 5.92 Å². The van der Waals surface area contributed by atoms with Crippen molar-refractivity contribution in [1.82, 2.24) is 0 Å². The minimum atomic E-state index is 0.785. The molecule has 0 radical (unpaired) electrons. The first-order valence-electron chi connectivity index (χ1n) is 7.58. The predicted octanol–water partition coefficient (Wildman–Crippen LogP) is 3.07. The third-order valence-corrected chi connectivity index (χ3v) is 3.85. The molecule has 3 heteroatoms. The second-order valence-electron chi connectivity index (χ2n) is 5.66. The van der Waals surface area contributed by atoms with Crippen LogP contribution in [-0.2, 0) is 0 Å². The van der Waals surface area contributed by atoms with Gasteiger partial charge in [0.15, 0.2) is 0 Å². The second kappa shape index (κ2) is 7.39. The van der Waals surface area contributed by atoms with Crippen LogP contribution < -0.4 is 16.0 Å². The molecule has 2 rings (SSSR count). The summed E-state index contributed by atoms with van der Waals surface area (Å²) in [6.07, 6.45) is 4.93. The number of nitrogens with zero attached hydrogens (tertiary/aromatic N) is 1. The van der Waals surface area contributed by atoms with Crippen molar-refractivity contribution in [2.75, 3.05) is 36.4 Å². The lowest BCUT2D eigenvalue weighted by Gasteiger charge is -2.32. The molecule has 1 heterocycles. The van der Waals surface area contributed by atoms with Crippen LogP contribution in [0.5, 0.6) is 0 Å². The molecule has 1 fully saturated rings. The van der Waals surface area contributed by atoms with Gasteiger partial charge in [-0.05, 0) is 62.4 Å². The summed E-state index contributed by atoms with van der Waals surface area (Å²) >= 11 is 0. The molecule has 1 atom stereocenters. The summed E-state index contributed by atoms with van der Waals surface area (Å²) in [6, 6.07) is 8.86. The Morgan fingerprint density at radius 2 is 2.05 bits per heavy atom. The molecule has 1 aromatic carbocycles. The first kappa shape index (κ1) is 14.2. The summed E-state index contributed by atoms with van der Waals surface area (Å²) in [7, 11) is 0. The average Bonchev–Trinajstić information content (AvgIpc) is 2.44. The number of nitrogens with one attached hydrogen (secondary N) is 1. The molecule has 1 aromatic rings. The lowest BCUT2D eigenvalue weighted by atomic mass is 10.00. The molecular formula is C16H27N3. The Morgan fingerprint density at radius 3 is 2.74 bits per heavy atom. The minimum Gasteiger partial charge on any atom is -0.385 e. The van der Waals surface area contributed by atoms with Crippen molar-refractivity contribution < 1.29 is 0 Å². The van der Waals surface area contributed by atoms with E-state index in [2.05, 4.69) is 41.4 Å². The Labute approximate surface area is 117 Å². The van der Waals surface area contributed by atoms with Gasteiger partial charge in [0.1, 0.15) is 0 Å². The number of anilines is 2. The monoisotopic (exact) mass is 261 g/mol. The van der Waals surface area contributed by atoms with E-state index in [-0.39, 0.29) is 0 Å². The average molecular weight is 261 g/mol. The van der Waals surface area contributed by atoms with Gasteiger partial charge in [0.2, 0.25) is 0 Å². The molecule has 0 saturated carbocycles. The summed E-state index contributed by atoms with van der Waals surface area (Å²) in [6.45, 7) is 6.54. The molecule has 0 spiro atoms. The molecule has 3 nitrogen and oxygen atoms in total. The zero-order chi connectivity index (χ0) is 13.5. The van der Waals surface area contributed by atoms with Gasteiger partial charge in [-0.2, -0.15) is 0 Å². The SMILES string of the molecule is CC1CCCN(c2ccc(NCCCCN)cc2)C1. The van der Waals surface area contributed by atoms with E-state index in [1.807, 2.05) is 0 Å². The number of hydrogen-bond acceptors (Lipinski definition) is 3. The molecule has 106 valence electrons. The third kappa shape index (κ3) is 4.43. The molecule has 3 N–H and O–H groups in total. The van der Waals surface area contributed by atoms with E-state index in [0.29, 0.717) is 0 Å². The number of nitrogens with two attached hydrogens (primary N) is 1. The molecule has 19 heavy (non-hydrogen) atoms. The first-order valence-corrected chi connectivity index (χ1v) is 7.58. The van der Waals surface area contributed by atoms with Gasteiger partial charge in [-0.3, -0.25) is 0 Å². The summed E-state index contributed by atoms with van der Waals surface area (Å²) in [5.41, 5.74) is 8.06. The Bertz CT molecular complexity index is 361. The standard InChI is InChI=1S/C16H27N3/c1-14-5-4-12-19(13-14)16-8-6-15(7-9-16)18-11-3-2-10-17/h6-9,14,18H,2-5,10-13,17H2,1H3. The largest absolute Gasteiger partial charge is 0.385 e. The lowest BCUT2D eigenvalue weighted by Crippen LogP contribution is -2.34. The van der Waals surface area contributed by atoms with Gasteiger partial charge in [-0.1, -0.05) is 6.92 Å². The number of piperidine rings is 1. The van der Waals surface area contributed by atoms with Crippen LogP contribution in [-0.4, -0.2) is 26.2 Å². The van der Waals surface area contributed by atoms with Crippen molar-refractivity contribution in [2.45, 2.75) is 32.6 Å². The van der Waals surface area contributed by atoms with Crippen LogP contribution in [0.25, 0.3) is 0 Å². The highest BCUT2D eigenvalue weighted by atomic mass is 15.1. The smallest absolute Gasteiger partial charge is 0.0367 e. The second-order valence-corrected chi connectivity index (χ2v) is 5.66. The number of rotatable bonds is 6. The number of hydrogen-bond donors (Lipinski definition) is 2. The Kier molecular flexibility index (Phi) is 5.52. The van der Waals surface area contributed by atoms with E-state index < -0.39 is 0 Å². The minimum absolute atomic E-state index is 0.785. The van der Waals surface area contributed by atoms with E-state index in [1.165, 1.54) is 37.3 Å². The first-order chi connectivity index (χ1) is 9.29. The number of benzene rings is 1. The van der Waals surface area contributed by atoms with E-state index in [9.17, 15) is 0 Å². The topological polar surface area (TPSA) is 41.3 Å². The van der Waals surface area contributed by atoms with E-state index in [0.717, 1.165) is 31.8 Å². The van der Waals surface area contributed by atoms with Crippen LogP contribution in [0.2, 0.25) is 0 Å². The predicted molar refractivity (Wildman–Crippen MR) is 83.8 cm³/mol. The van der Waals surface area contributed by atoms with Crippen LogP contribution in [0.15, 0.2) is 24.3 Å². The third-order valence-electron chi connectivity index (χ3n) is 3.85. The van der Waals surface area contributed by atoms with Crippen LogP contribution >= 0.6 is 0 Å². The van der Waals surface area contributed by atoms with Gasteiger partial charge in [0, 0.05) is 31.0 Å². The summed E-state index contributed by atoms with van der Waals surface area (Å²) < 4.78 is 0. The molecule has 1 aliphatic heterocycles. The van der Waals surface area contributed by atoms with Crippen LogP contribution in [0.3, 0.4) is 0 Å². The molecule has 1 unspecified atom stereocenters. The summed E-state index contributed by atoms with van der Waals surface area (Å²) in [4.78, 5) is 2.51. The molecule has 0 amide bonds. The van der Waals surface area contributed by atoms with E-state index >= 15 is 0 Å². The number of unbranched alkanes of at least 4 members (excludes halogenated alkanes) is 1. The van der Waals surface area contributed by atoms with Gasteiger partial charge >= 0.3 is 0 Å². The molecular weight excluding hydrogens is 234 g/mol. The lowest BCUT2D eigenvalue weighted by molar-refractivity contribution is 0.447. The zero-order valence-corrected chi connectivity index (χ0v) is 12.1. The zero-order valence-electron chi connectivity index (χ0n) is 12.1. The van der Waals surface area contributed by atoms with Crippen molar-refractivity contribution in [3.05, 3.63) is 24.3 Å². The quantitative estimate of drug-likeness (QED) is 0.773. The maximum atomic E-state index is 5.49. The van der Waals surface area contributed by atoms with Gasteiger partial charge in [-0.25, -0.2) is 0 Å². The summed E-state index contributed by atoms with van der Waals surface area (Å²) in [5.74, 6) is 0.822. The Balaban J connectivity index is 1.83. The highest BCUT2D eigenvalue weighted by Crippen LogP contribution is 2.24. The van der Waals surface area contributed by atoms with E-state index in [4.69, 9.17) is 5.73 Å². The van der Waals surface area contributed by atoms with Crippen molar-refractivity contribution in [1.29, 1.82) is 0 Å². The fourth-order valence-electron chi connectivity index (χ4n) is 2.72. The molecule has 0 aromatic heterocycles. The van der Waals surface area contributed by atoms with Gasteiger partial charge < -0.3 is 16.0 Å². The van der Waals surface area contributed by atoms with Crippen molar-refractivity contribution in [3.8, 4) is 0 Å². The highest BCUT2D eigenvalue weighted by Gasteiger charge is 2.16. The van der Waals surface area contributed by atoms with E-state index in [1.54, 1.807) is 0 Å². The van der Waals surface area contributed by atoms with Crippen LogP contribution in [0.4, 0.5) is 11.4 Å². The van der Waals surface area contributed by atoms with Crippen molar-refractivity contribution >= 4 is 11.4 Å². The van der Waals surface area contributed by atoms with Crippen molar-refractivity contribution in [2.24, 2.45) is 11.7 Å².